The number of unbranched alkanes of at least 4 members (excludes halogenated alkanes) is 1. The Morgan fingerprint density at radius 1 is 1.44 bits per heavy atom. The summed E-state index contributed by atoms with van der Waals surface area (Å²) in [5, 5.41) is 7.91. The van der Waals surface area contributed by atoms with Crippen LogP contribution < -0.4 is 5.32 Å². The van der Waals surface area contributed by atoms with Crippen LogP contribution in [-0.2, 0) is 11.2 Å². The van der Waals surface area contributed by atoms with Crippen LogP contribution in [0.3, 0.4) is 0 Å². The van der Waals surface area contributed by atoms with Gasteiger partial charge in [0.1, 0.15) is 5.01 Å². The van der Waals surface area contributed by atoms with E-state index in [1.54, 1.807) is 22.7 Å². The second-order valence-electron chi connectivity index (χ2n) is 4.00. The molecule has 3 nitrogen and oxygen atoms in total. The van der Waals surface area contributed by atoms with E-state index in [1.165, 1.54) is 0 Å². The van der Waals surface area contributed by atoms with Gasteiger partial charge in [0.05, 0.1) is 17.0 Å². The van der Waals surface area contributed by atoms with Crippen molar-refractivity contribution in [3.63, 3.8) is 0 Å². The number of aromatic nitrogens is 1. The van der Waals surface area contributed by atoms with Gasteiger partial charge in [0.25, 0.3) is 0 Å². The zero-order chi connectivity index (χ0) is 12.8. The number of thiophene rings is 1. The largest absolute Gasteiger partial charge is 0.356 e. The Labute approximate surface area is 115 Å². The lowest BCUT2D eigenvalue weighted by Gasteiger charge is -2.01. The maximum Gasteiger partial charge on any atom is 0.226 e. The van der Waals surface area contributed by atoms with Crippen LogP contribution >= 0.6 is 22.7 Å². The Morgan fingerprint density at radius 3 is 3.06 bits per heavy atom. The summed E-state index contributed by atoms with van der Waals surface area (Å²) in [5.74, 6) is 0.0616. The molecule has 0 atom stereocenters. The molecular formula is C13H16N2OS2. The standard InChI is InChI=1S/C13H16N2OS2/c1-2-3-6-14-12(16)8-10-9-18-13(15-10)11-5-4-7-17-11/h4-5,7,9H,2-3,6,8H2,1H3,(H,14,16). The fourth-order valence-electron chi connectivity index (χ4n) is 1.53. The smallest absolute Gasteiger partial charge is 0.226 e. The predicted octanol–water partition coefficient (Wildman–Crippen LogP) is 3.33. The van der Waals surface area contributed by atoms with Crippen molar-refractivity contribution in [1.29, 1.82) is 0 Å². The van der Waals surface area contributed by atoms with Crippen molar-refractivity contribution in [2.45, 2.75) is 26.2 Å². The fourth-order valence-corrected chi connectivity index (χ4v) is 3.17. The van der Waals surface area contributed by atoms with E-state index in [9.17, 15) is 4.79 Å². The summed E-state index contributed by atoms with van der Waals surface area (Å²) in [6.07, 6.45) is 2.51. The number of thiazole rings is 1. The molecule has 0 fully saturated rings. The number of rotatable bonds is 6. The van der Waals surface area contributed by atoms with Gasteiger partial charge in [-0.15, -0.1) is 22.7 Å². The van der Waals surface area contributed by atoms with E-state index >= 15 is 0 Å². The van der Waals surface area contributed by atoms with Crippen molar-refractivity contribution < 1.29 is 4.79 Å². The maximum absolute atomic E-state index is 11.6. The topological polar surface area (TPSA) is 42.0 Å². The highest BCUT2D eigenvalue weighted by Gasteiger charge is 2.08. The number of nitrogens with one attached hydrogen (secondary N) is 1. The fraction of sp³-hybridized carbons (Fsp3) is 0.385. The third-order valence-corrected chi connectivity index (χ3v) is 4.41. The third kappa shape index (κ3) is 3.65. The zero-order valence-electron chi connectivity index (χ0n) is 10.3. The summed E-state index contributed by atoms with van der Waals surface area (Å²) in [6, 6.07) is 4.06. The van der Waals surface area contributed by atoms with Crippen LogP contribution in [0.5, 0.6) is 0 Å². The molecule has 18 heavy (non-hydrogen) atoms. The van der Waals surface area contributed by atoms with Crippen LogP contribution in [0.2, 0.25) is 0 Å². The molecule has 0 aromatic carbocycles. The van der Waals surface area contributed by atoms with Gasteiger partial charge in [0, 0.05) is 11.9 Å². The van der Waals surface area contributed by atoms with E-state index in [0.717, 1.165) is 35.0 Å². The van der Waals surface area contributed by atoms with Crippen LogP contribution in [0.15, 0.2) is 22.9 Å². The molecule has 2 rings (SSSR count). The molecule has 2 heterocycles. The predicted molar refractivity (Wildman–Crippen MR) is 77.0 cm³/mol. The highest BCUT2D eigenvalue weighted by Crippen LogP contribution is 2.27. The number of hydrogen-bond acceptors (Lipinski definition) is 4. The lowest BCUT2D eigenvalue weighted by atomic mass is 10.3. The van der Waals surface area contributed by atoms with E-state index in [4.69, 9.17) is 0 Å². The minimum atomic E-state index is 0.0616. The van der Waals surface area contributed by atoms with Crippen molar-refractivity contribution in [2.24, 2.45) is 0 Å². The van der Waals surface area contributed by atoms with E-state index < -0.39 is 0 Å². The Kier molecular flexibility index (Phi) is 4.90. The van der Waals surface area contributed by atoms with Crippen molar-refractivity contribution in [1.82, 2.24) is 10.3 Å². The summed E-state index contributed by atoms with van der Waals surface area (Å²) < 4.78 is 0. The Morgan fingerprint density at radius 2 is 2.33 bits per heavy atom. The van der Waals surface area contributed by atoms with Gasteiger partial charge in [0.2, 0.25) is 5.91 Å². The molecule has 0 bridgehead atoms. The van der Waals surface area contributed by atoms with Crippen molar-refractivity contribution in [3.05, 3.63) is 28.6 Å². The molecule has 0 aliphatic rings. The van der Waals surface area contributed by atoms with Gasteiger partial charge in [-0.1, -0.05) is 19.4 Å². The Balaban J connectivity index is 1.89. The van der Waals surface area contributed by atoms with Crippen LogP contribution in [0.25, 0.3) is 9.88 Å². The molecule has 0 saturated carbocycles. The summed E-state index contributed by atoms with van der Waals surface area (Å²) in [6.45, 7) is 2.87. The van der Waals surface area contributed by atoms with Crippen LogP contribution in [0.1, 0.15) is 25.5 Å². The van der Waals surface area contributed by atoms with Gasteiger partial charge >= 0.3 is 0 Å². The summed E-state index contributed by atoms with van der Waals surface area (Å²) in [5.41, 5.74) is 0.859. The van der Waals surface area contributed by atoms with E-state index in [0.29, 0.717) is 6.42 Å². The van der Waals surface area contributed by atoms with Crippen LogP contribution in [-0.4, -0.2) is 17.4 Å². The summed E-state index contributed by atoms with van der Waals surface area (Å²) >= 11 is 3.27. The van der Waals surface area contributed by atoms with E-state index in [2.05, 4.69) is 23.3 Å². The van der Waals surface area contributed by atoms with Gasteiger partial charge in [-0.05, 0) is 17.9 Å². The van der Waals surface area contributed by atoms with Gasteiger partial charge in [0.15, 0.2) is 0 Å². The molecule has 0 aliphatic carbocycles. The second kappa shape index (κ2) is 6.66. The first-order valence-corrected chi connectivity index (χ1v) is 7.80. The zero-order valence-corrected chi connectivity index (χ0v) is 11.9. The number of amides is 1. The molecule has 96 valence electrons. The first kappa shape index (κ1) is 13.2. The molecular weight excluding hydrogens is 264 g/mol. The lowest BCUT2D eigenvalue weighted by Crippen LogP contribution is -2.26. The molecule has 0 saturated heterocycles. The minimum absolute atomic E-state index is 0.0616. The molecule has 5 heteroatoms. The number of carbonyl (C=O) groups excluding carboxylic acids is 1. The van der Waals surface area contributed by atoms with Crippen molar-refractivity contribution in [2.75, 3.05) is 6.54 Å². The third-order valence-electron chi connectivity index (χ3n) is 2.48. The molecule has 2 aromatic heterocycles. The minimum Gasteiger partial charge on any atom is -0.356 e. The molecule has 1 N–H and O–H groups in total. The van der Waals surface area contributed by atoms with Gasteiger partial charge < -0.3 is 5.32 Å². The average Bonchev–Trinajstić information content (AvgIpc) is 2.98. The summed E-state index contributed by atoms with van der Waals surface area (Å²) in [7, 11) is 0. The van der Waals surface area contributed by atoms with Crippen molar-refractivity contribution >= 4 is 28.6 Å². The monoisotopic (exact) mass is 280 g/mol. The van der Waals surface area contributed by atoms with Gasteiger partial charge in [-0.25, -0.2) is 4.98 Å². The highest BCUT2D eigenvalue weighted by molar-refractivity contribution is 7.20. The quantitative estimate of drug-likeness (QED) is 0.825. The molecule has 0 radical (unpaired) electrons. The maximum atomic E-state index is 11.6. The van der Waals surface area contributed by atoms with E-state index in [1.807, 2.05) is 16.8 Å². The lowest BCUT2D eigenvalue weighted by molar-refractivity contribution is -0.120. The first-order chi connectivity index (χ1) is 8.79. The number of nitrogens with zero attached hydrogens (tertiary/aromatic N) is 1. The SMILES string of the molecule is CCCCNC(=O)Cc1csc(-c2cccs2)n1. The molecule has 0 unspecified atom stereocenters. The number of hydrogen-bond donors (Lipinski definition) is 1. The number of carbonyl (C=O) groups is 1. The highest BCUT2D eigenvalue weighted by atomic mass is 32.1. The van der Waals surface area contributed by atoms with Gasteiger partial charge in [-0.3, -0.25) is 4.79 Å². The van der Waals surface area contributed by atoms with Gasteiger partial charge in [-0.2, -0.15) is 0 Å². The summed E-state index contributed by atoms with van der Waals surface area (Å²) in [4.78, 5) is 17.3. The first-order valence-electron chi connectivity index (χ1n) is 6.04. The van der Waals surface area contributed by atoms with Crippen molar-refractivity contribution in [3.8, 4) is 9.88 Å². The second-order valence-corrected chi connectivity index (χ2v) is 5.81. The Hall–Kier alpha value is -1.20. The Bertz CT molecular complexity index is 491. The molecule has 0 spiro atoms. The van der Waals surface area contributed by atoms with E-state index in [-0.39, 0.29) is 5.91 Å². The molecule has 2 aromatic rings. The molecule has 0 aliphatic heterocycles. The molecule has 1 amide bonds. The van der Waals surface area contributed by atoms with Crippen LogP contribution in [0.4, 0.5) is 0 Å². The normalized spacial score (nSPS) is 10.5. The van der Waals surface area contributed by atoms with Crippen LogP contribution in [0, 0.1) is 0 Å². The average molecular weight is 280 g/mol.